The quantitative estimate of drug-likeness (QED) is 0.708. The highest BCUT2D eigenvalue weighted by molar-refractivity contribution is 7.90. The van der Waals surface area contributed by atoms with Gasteiger partial charge in [0.05, 0.1) is 6.61 Å². The second-order valence-corrected chi connectivity index (χ2v) is 4.53. The molecule has 1 aromatic heterocycles. The lowest BCUT2D eigenvalue weighted by molar-refractivity contribution is 0.327. The summed E-state index contributed by atoms with van der Waals surface area (Å²) in [7, 11) is -3.43. The fourth-order valence-electron chi connectivity index (χ4n) is 0.912. The summed E-state index contributed by atoms with van der Waals surface area (Å²) in [5.74, 6) is 0.0999. The van der Waals surface area contributed by atoms with Crippen LogP contribution in [0.4, 0.5) is 5.69 Å². The number of ether oxygens (including phenoxy) is 1. The second-order valence-electron chi connectivity index (χ2n) is 2.60. The summed E-state index contributed by atoms with van der Waals surface area (Å²) in [6.45, 7) is 2.12. The zero-order valence-corrected chi connectivity index (χ0v) is 8.71. The Labute approximate surface area is 82.0 Å². The zero-order chi connectivity index (χ0) is 10.8. The van der Waals surface area contributed by atoms with E-state index >= 15 is 0 Å². The van der Waals surface area contributed by atoms with Crippen LogP contribution in [0, 0.1) is 0 Å². The molecule has 0 aliphatic heterocycles. The number of nitrogens with zero attached hydrogens (tertiary/aromatic N) is 2. The number of sulfone groups is 1. The van der Waals surface area contributed by atoms with Gasteiger partial charge in [0.2, 0.25) is 5.88 Å². The number of nitrogens with two attached hydrogens (primary N) is 1. The van der Waals surface area contributed by atoms with E-state index in [9.17, 15) is 8.42 Å². The van der Waals surface area contributed by atoms with Gasteiger partial charge in [-0.25, -0.2) is 13.4 Å². The van der Waals surface area contributed by atoms with E-state index in [1.54, 1.807) is 6.92 Å². The lowest BCUT2D eigenvalue weighted by atomic mass is 10.5. The Morgan fingerprint density at radius 3 is 2.64 bits per heavy atom. The molecule has 14 heavy (non-hydrogen) atoms. The molecule has 78 valence electrons. The van der Waals surface area contributed by atoms with Gasteiger partial charge in [0.25, 0.3) is 0 Å². The maximum Gasteiger partial charge on any atom is 0.241 e. The Bertz CT molecular complexity index is 430. The van der Waals surface area contributed by atoms with Crippen LogP contribution in [0.25, 0.3) is 0 Å². The number of hydrogen-bond donors (Lipinski definition) is 1. The van der Waals surface area contributed by atoms with Crippen LogP contribution in [0.1, 0.15) is 6.92 Å². The lowest BCUT2D eigenvalue weighted by Crippen LogP contribution is -2.09. The molecule has 7 heteroatoms. The van der Waals surface area contributed by atoms with E-state index in [1.165, 1.54) is 0 Å². The molecule has 6 nitrogen and oxygen atoms in total. The first-order chi connectivity index (χ1) is 6.46. The van der Waals surface area contributed by atoms with Gasteiger partial charge in [0.15, 0.2) is 14.9 Å². The molecule has 0 amide bonds. The third kappa shape index (κ3) is 2.11. The maximum atomic E-state index is 11.2. The summed E-state index contributed by atoms with van der Waals surface area (Å²) in [5.41, 5.74) is 5.48. The van der Waals surface area contributed by atoms with Gasteiger partial charge in [-0.2, -0.15) is 4.98 Å². The van der Waals surface area contributed by atoms with Gasteiger partial charge in [-0.3, -0.25) is 0 Å². The monoisotopic (exact) mass is 217 g/mol. The predicted molar refractivity (Wildman–Crippen MR) is 50.7 cm³/mol. The topological polar surface area (TPSA) is 95.2 Å². The van der Waals surface area contributed by atoms with E-state index in [0.717, 1.165) is 12.6 Å². The molecule has 0 fully saturated rings. The van der Waals surface area contributed by atoms with Gasteiger partial charge in [0.1, 0.15) is 12.0 Å². The summed E-state index contributed by atoms with van der Waals surface area (Å²) in [6.07, 6.45) is 2.14. The summed E-state index contributed by atoms with van der Waals surface area (Å²) in [5, 5.41) is -0.198. The average molecular weight is 217 g/mol. The third-order valence-corrected chi connectivity index (χ3v) is 2.47. The van der Waals surface area contributed by atoms with Crippen molar-refractivity contribution in [2.24, 2.45) is 0 Å². The standard InChI is InChI=1S/C7H11N3O3S/c1-3-13-6-5(8)7(10-4-9-6)14(2,11)12/h4H,3,8H2,1-2H3. The van der Waals surface area contributed by atoms with Crippen LogP contribution in [-0.2, 0) is 9.84 Å². The molecule has 0 aromatic carbocycles. The zero-order valence-electron chi connectivity index (χ0n) is 7.89. The molecule has 0 atom stereocenters. The molecule has 1 heterocycles. The summed E-state index contributed by atoms with van der Waals surface area (Å²) < 4.78 is 27.4. The Morgan fingerprint density at radius 2 is 2.14 bits per heavy atom. The van der Waals surface area contributed by atoms with Gasteiger partial charge >= 0.3 is 0 Å². The number of hydrogen-bond acceptors (Lipinski definition) is 6. The van der Waals surface area contributed by atoms with Crippen molar-refractivity contribution in [2.45, 2.75) is 11.9 Å². The van der Waals surface area contributed by atoms with Gasteiger partial charge in [-0.1, -0.05) is 0 Å². The minimum atomic E-state index is -3.43. The molecule has 0 spiro atoms. The van der Waals surface area contributed by atoms with E-state index in [-0.39, 0.29) is 16.6 Å². The molecule has 0 radical (unpaired) electrons. The largest absolute Gasteiger partial charge is 0.476 e. The van der Waals surface area contributed by atoms with Crippen LogP contribution >= 0.6 is 0 Å². The van der Waals surface area contributed by atoms with Gasteiger partial charge in [0, 0.05) is 6.26 Å². The number of aromatic nitrogens is 2. The fourth-order valence-corrected chi connectivity index (χ4v) is 1.64. The minimum absolute atomic E-state index is 0.0446. The Balaban J connectivity index is 3.28. The molecule has 1 rings (SSSR count). The van der Waals surface area contributed by atoms with Gasteiger partial charge < -0.3 is 10.5 Å². The van der Waals surface area contributed by atoms with Crippen molar-refractivity contribution in [1.82, 2.24) is 9.97 Å². The van der Waals surface area contributed by atoms with Crippen molar-refractivity contribution in [3.63, 3.8) is 0 Å². The summed E-state index contributed by atoms with van der Waals surface area (Å²) >= 11 is 0. The van der Waals surface area contributed by atoms with Crippen molar-refractivity contribution in [3.8, 4) is 5.88 Å². The summed E-state index contributed by atoms with van der Waals surface area (Å²) in [4.78, 5) is 7.31. The molecule has 1 aromatic rings. The van der Waals surface area contributed by atoms with Crippen molar-refractivity contribution >= 4 is 15.5 Å². The molecule has 0 saturated heterocycles. The highest BCUT2D eigenvalue weighted by Crippen LogP contribution is 2.23. The highest BCUT2D eigenvalue weighted by Gasteiger charge is 2.17. The first kappa shape index (κ1) is 10.7. The Hall–Kier alpha value is -1.37. The van der Waals surface area contributed by atoms with E-state index in [4.69, 9.17) is 10.5 Å². The van der Waals surface area contributed by atoms with E-state index in [0.29, 0.717) is 6.61 Å². The number of anilines is 1. The average Bonchev–Trinajstić information content (AvgIpc) is 2.07. The first-order valence-electron chi connectivity index (χ1n) is 3.90. The van der Waals surface area contributed by atoms with Crippen LogP contribution in [0.15, 0.2) is 11.4 Å². The second kappa shape index (κ2) is 3.79. The van der Waals surface area contributed by atoms with Crippen LogP contribution in [0.5, 0.6) is 5.88 Å². The van der Waals surface area contributed by atoms with Gasteiger partial charge in [-0.05, 0) is 6.92 Å². The number of nitrogen functional groups attached to an aromatic ring is 1. The maximum absolute atomic E-state index is 11.2. The van der Waals surface area contributed by atoms with Gasteiger partial charge in [-0.15, -0.1) is 0 Å². The molecule has 0 bridgehead atoms. The predicted octanol–water partition coefficient (Wildman–Crippen LogP) is -0.139. The van der Waals surface area contributed by atoms with Crippen LogP contribution in [0.2, 0.25) is 0 Å². The molecule has 0 aliphatic rings. The van der Waals surface area contributed by atoms with E-state index in [2.05, 4.69) is 9.97 Å². The normalized spacial score (nSPS) is 11.3. The fraction of sp³-hybridized carbons (Fsp3) is 0.429. The summed E-state index contributed by atoms with van der Waals surface area (Å²) in [6, 6.07) is 0. The van der Waals surface area contributed by atoms with E-state index in [1.807, 2.05) is 0 Å². The Morgan fingerprint density at radius 1 is 1.50 bits per heavy atom. The van der Waals surface area contributed by atoms with Crippen LogP contribution in [-0.4, -0.2) is 31.2 Å². The minimum Gasteiger partial charge on any atom is -0.476 e. The van der Waals surface area contributed by atoms with Crippen molar-refractivity contribution in [1.29, 1.82) is 0 Å². The van der Waals surface area contributed by atoms with Crippen molar-refractivity contribution in [2.75, 3.05) is 18.6 Å². The SMILES string of the molecule is CCOc1ncnc(S(C)(=O)=O)c1N. The lowest BCUT2D eigenvalue weighted by Gasteiger charge is -2.07. The van der Waals surface area contributed by atoms with Crippen molar-refractivity contribution < 1.29 is 13.2 Å². The third-order valence-electron chi connectivity index (χ3n) is 1.44. The first-order valence-corrected chi connectivity index (χ1v) is 5.79. The van der Waals surface area contributed by atoms with E-state index < -0.39 is 9.84 Å². The van der Waals surface area contributed by atoms with Crippen molar-refractivity contribution in [3.05, 3.63) is 6.33 Å². The highest BCUT2D eigenvalue weighted by atomic mass is 32.2. The Kier molecular flexibility index (Phi) is 2.90. The smallest absolute Gasteiger partial charge is 0.241 e. The molecule has 0 saturated carbocycles. The molecule has 2 N–H and O–H groups in total. The molecule has 0 unspecified atom stereocenters. The molecular formula is C7H11N3O3S. The van der Waals surface area contributed by atoms with Crippen LogP contribution < -0.4 is 10.5 Å². The molecular weight excluding hydrogens is 206 g/mol. The molecule has 0 aliphatic carbocycles. The number of rotatable bonds is 3. The van der Waals surface area contributed by atoms with Crippen LogP contribution in [0.3, 0.4) is 0 Å².